The van der Waals surface area contributed by atoms with Gasteiger partial charge in [-0.3, -0.25) is 14.1 Å². The highest BCUT2D eigenvalue weighted by Crippen LogP contribution is 2.19. The average molecular weight is 397 g/mol. The van der Waals surface area contributed by atoms with Crippen LogP contribution in [0.3, 0.4) is 0 Å². The van der Waals surface area contributed by atoms with Gasteiger partial charge in [-0.15, -0.1) is 0 Å². The molecule has 0 saturated carbocycles. The number of nitrogens with zero attached hydrogens (tertiary/aromatic N) is 4. The van der Waals surface area contributed by atoms with Crippen LogP contribution in [-0.2, 0) is 6.42 Å². The molecule has 6 heteroatoms. The first-order valence-corrected chi connectivity index (χ1v) is 10.1. The molecule has 1 fully saturated rings. The minimum atomic E-state index is 0.0611. The monoisotopic (exact) mass is 396 g/mol. The van der Waals surface area contributed by atoms with Gasteiger partial charge in [-0.2, -0.15) is 0 Å². The van der Waals surface area contributed by atoms with Gasteiger partial charge in [0.15, 0.2) is 0 Å². The molecule has 3 heterocycles. The van der Waals surface area contributed by atoms with Gasteiger partial charge in [-0.25, -0.2) is 4.98 Å². The van der Waals surface area contributed by atoms with E-state index < -0.39 is 0 Å². The smallest absolute Gasteiger partial charge is 0.261 e. The molecule has 28 heavy (non-hydrogen) atoms. The largest absolute Gasteiger partial charge is 0.369 e. The summed E-state index contributed by atoms with van der Waals surface area (Å²) >= 11 is 5.98. The molecule has 146 valence electrons. The Balaban J connectivity index is 1.42. The molecular weight excluding hydrogens is 372 g/mol. The van der Waals surface area contributed by atoms with E-state index in [9.17, 15) is 4.79 Å². The molecule has 5 nitrogen and oxygen atoms in total. The quantitative estimate of drug-likeness (QED) is 0.678. The molecule has 2 aromatic heterocycles. The number of halogens is 1. The summed E-state index contributed by atoms with van der Waals surface area (Å²) in [5.41, 5.74) is 4.72. The number of aromatic nitrogens is 2. The Labute approximate surface area is 170 Å². The van der Waals surface area contributed by atoms with Gasteiger partial charge < -0.3 is 4.90 Å². The molecule has 3 aromatic rings. The molecule has 1 aliphatic heterocycles. The fraction of sp³-hybridized carbons (Fsp3) is 0.364. The molecule has 0 bridgehead atoms. The van der Waals surface area contributed by atoms with Crippen LogP contribution in [0.4, 0.5) is 5.69 Å². The van der Waals surface area contributed by atoms with E-state index in [2.05, 4.69) is 26.9 Å². The molecule has 1 saturated heterocycles. The zero-order valence-corrected chi connectivity index (χ0v) is 17.1. The second kappa shape index (κ2) is 7.94. The van der Waals surface area contributed by atoms with Crippen LogP contribution < -0.4 is 10.5 Å². The molecule has 0 amide bonds. The van der Waals surface area contributed by atoms with Crippen LogP contribution in [0.2, 0.25) is 5.02 Å². The van der Waals surface area contributed by atoms with Crippen LogP contribution in [0.5, 0.6) is 0 Å². The highest BCUT2D eigenvalue weighted by Gasteiger charge is 2.18. The van der Waals surface area contributed by atoms with Crippen molar-refractivity contribution < 1.29 is 0 Å². The van der Waals surface area contributed by atoms with Gasteiger partial charge in [0, 0.05) is 60.9 Å². The fourth-order valence-corrected chi connectivity index (χ4v) is 4.01. The topological polar surface area (TPSA) is 40.9 Å². The van der Waals surface area contributed by atoms with E-state index in [1.807, 2.05) is 44.3 Å². The highest BCUT2D eigenvalue weighted by molar-refractivity contribution is 6.30. The van der Waals surface area contributed by atoms with Crippen LogP contribution in [0.25, 0.3) is 5.65 Å². The van der Waals surface area contributed by atoms with E-state index in [4.69, 9.17) is 11.6 Å². The van der Waals surface area contributed by atoms with Gasteiger partial charge in [0.1, 0.15) is 5.65 Å². The zero-order valence-electron chi connectivity index (χ0n) is 16.4. The maximum atomic E-state index is 12.9. The summed E-state index contributed by atoms with van der Waals surface area (Å²) in [7, 11) is 0. The minimum absolute atomic E-state index is 0.0611. The molecule has 0 aliphatic carbocycles. The second-order valence-electron chi connectivity index (χ2n) is 7.42. The molecule has 1 aromatic carbocycles. The number of anilines is 1. The number of rotatable bonds is 4. The Morgan fingerprint density at radius 2 is 1.75 bits per heavy atom. The van der Waals surface area contributed by atoms with Gasteiger partial charge in [0.25, 0.3) is 5.56 Å². The maximum absolute atomic E-state index is 12.9. The predicted octanol–water partition coefficient (Wildman–Crippen LogP) is 3.33. The second-order valence-corrected chi connectivity index (χ2v) is 7.86. The first-order chi connectivity index (χ1) is 13.5. The lowest BCUT2D eigenvalue weighted by Gasteiger charge is -2.36. The van der Waals surface area contributed by atoms with E-state index in [0.717, 1.165) is 66.6 Å². The van der Waals surface area contributed by atoms with E-state index in [0.29, 0.717) is 0 Å². The number of benzene rings is 1. The SMILES string of the molecule is Cc1nc2c(C)cccn2c(=O)c1CCN1CCN(c2ccc(Cl)cc2)CC1. The van der Waals surface area contributed by atoms with Crippen molar-refractivity contribution in [3.8, 4) is 0 Å². The van der Waals surface area contributed by atoms with Gasteiger partial charge in [-0.1, -0.05) is 17.7 Å². The van der Waals surface area contributed by atoms with Crippen molar-refractivity contribution in [1.82, 2.24) is 14.3 Å². The van der Waals surface area contributed by atoms with E-state index in [-0.39, 0.29) is 5.56 Å². The predicted molar refractivity (Wildman–Crippen MR) is 115 cm³/mol. The molecule has 0 unspecified atom stereocenters. The van der Waals surface area contributed by atoms with E-state index in [1.54, 1.807) is 4.40 Å². The number of pyridine rings is 1. The molecule has 0 radical (unpaired) electrons. The lowest BCUT2D eigenvalue weighted by atomic mass is 10.1. The van der Waals surface area contributed by atoms with Crippen molar-refractivity contribution in [3.63, 3.8) is 0 Å². The van der Waals surface area contributed by atoms with Crippen molar-refractivity contribution in [2.75, 3.05) is 37.6 Å². The van der Waals surface area contributed by atoms with Gasteiger partial charge in [-0.05, 0) is 56.2 Å². The molecular formula is C22H25ClN4O. The summed E-state index contributed by atoms with van der Waals surface area (Å²) in [6.45, 7) is 8.75. The zero-order chi connectivity index (χ0) is 19.7. The van der Waals surface area contributed by atoms with Gasteiger partial charge >= 0.3 is 0 Å². The Kier molecular flexibility index (Phi) is 5.38. The Bertz CT molecular complexity index is 1040. The number of aryl methyl sites for hydroxylation is 2. The normalized spacial score (nSPS) is 15.3. The fourth-order valence-electron chi connectivity index (χ4n) is 3.88. The standard InChI is InChI=1S/C22H25ClN4O/c1-16-4-3-10-27-21(16)24-17(2)20(22(27)28)9-11-25-12-14-26(15-13-25)19-7-5-18(23)6-8-19/h3-8,10H,9,11-15H2,1-2H3. The summed E-state index contributed by atoms with van der Waals surface area (Å²) in [5.74, 6) is 0. The van der Waals surface area contributed by atoms with Crippen LogP contribution >= 0.6 is 11.6 Å². The third-order valence-corrected chi connectivity index (χ3v) is 5.84. The van der Waals surface area contributed by atoms with Crippen LogP contribution in [0.1, 0.15) is 16.8 Å². The van der Waals surface area contributed by atoms with Crippen LogP contribution in [0.15, 0.2) is 47.4 Å². The number of fused-ring (bicyclic) bond motifs is 1. The molecule has 0 atom stereocenters. The Morgan fingerprint density at radius 3 is 2.46 bits per heavy atom. The summed E-state index contributed by atoms with van der Waals surface area (Å²) in [6.07, 6.45) is 2.54. The van der Waals surface area contributed by atoms with Crippen LogP contribution in [-0.4, -0.2) is 47.0 Å². The molecule has 4 rings (SSSR count). The third kappa shape index (κ3) is 3.77. The maximum Gasteiger partial charge on any atom is 0.261 e. The van der Waals surface area contributed by atoms with Crippen molar-refractivity contribution >= 4 is 22.9 Å². The summed E-state index contributed by atoms with van der Waals surface area (Å²) in [5, 5.41) is 0.767. The Hall–Kier alpha value is -2.37. The molecule has 1 aliphatic rings. The van der Waals surface area contributed by atoms with E-state index in [1.165, 1.54) is 5.69 Å². The van der Waals surface area contributed by atoms with Crippen LogP contribution in [0, 0.1) is 13.8 Å². The third-order valence-electron chi connectivity index (χ3n) is 5.59. The Morgan fingerprint density at radius 1 is 1.04 bits per heavy atom. The number of piperazine rings is 1. The van der Waals surface area contributed by atoms with Crippen molar-refractivity contribution in [3.05, 3.63) is 74.8 Å². The van der Waals surface area contributed by atoms with E-state index >= 15 is 0 Å². The van der Waals surface area contributed by atoms with Gasteiger partial charge in [0.05, 0.1) is 0 Å². The van der Waals surface area contributed by atoms with Gasteiger partial charge in [0.2, 0.25) is 0 Å². The lowest BCUT2D eigenvalue weighted by molar-refractivity contribution is 0.260. The van der Waals surface area contributed by atoms with Crippen molar-refractivity contribution in [2.24, 2.45) is 0 Å². The first-order valence-electron chi connectivity index (χ1n) is 9.73. The summed E-state index contributed by atoms with van der Waals surface area (Å²) in [6, 6.07) is 11.9. The minimum Gasteiger partial charge on any atom is -0.369 e. The first kappa shape index (κ1) is 19.0. The average Bonchev–Trinajstić information content (AvgIpc) is 2.70. The number of hydrogen-bond acceptors (Lipinski definition) is 4. The number of hydrogen-bond donors (Lipinski definition) is 0. The molecule has 0 spiro atoms. The lowest BCUT2D eigenvalue weighted by Crippen LogP contribution is -2.47. The highest BCUT2D eigenvalue weighted by atomic mass is 35.5. The van der Waals surface area contributed by atoms with Crippen molar-refractivity contribution in [1.29, 1.82) is 0 Å². The molecule has 0 N–H and O–H groups in total. The summed E-state index contributed by atoms with van der Waals surface area (Å²) < 4.78 is 1.68. The summed E-state index contributed by atoms with van der Waals surface area (Å²) in [4.78, 5) is 22.4. The van der Waals surface area contributed by atoms with Crippen molar-refractivity contribution in [2.45, 2.75) is 20.3 Å².